The summed E-state index contributed by atoms with van der Waals surface area (Å²) in [7, 11) is 0. The molecular weight excluding hydrogens is 366 g/mol. The summed E-state index contributed by atoms with van der Waals surface area (Å²) in [5.41, 5.74) is 4.76. The van der Waals surface area contributed by atoms with Crippen molar-refractivity contribution in [2.75, 3.05) is 13.2 Å². The van der Waals surface area contributed by atoms with Crippen LogP contribution in [0.1, 0.15) is 38.5 Å². The number of amides is 1. The van der Waals surface area contributed by atoms with Gasteiger partial charge in [-0.25, -0.2) is 0 Å². The van der Waals surface area contributed by atoms with Gasteiger partial charge in [-0.1, -0.05) is 35.5 Å². The summed E-state index contributed by atoms with van der Waals surface area (Å²) in [6, 6.07) is 15.5. The van der Waals surface area contributed by atoms with Gasteiger partial charge in [-0.05, 0) is 37.6 Å². The third kappa shape index (κ3) is 4.49. The van der Waals surface area contributed by atoms with Crippen molar-refractivity contribution in [3.05, 3.63) is 82.2 Å². The minimum Gasteiger partial charge on any atom is -0.492 e. The van der Waals surface area contributed by atoms with Crippen molar-refractivity contribution < 1.29 is 14.1 Å². The van der Waals surface area contributed by atoms with E-state index in [4.69, 9.17) is 9.26 Å². The molecule has 0 fully saturated rings. The second-order valence-electron chi connectivity index (χ2n) is 7.35. The molecule has 0 unspecified atom stereocenters. The number of carbonyl (C=O) groups excluding carboxylic acids is 1. The third-order valence-corrected chi connectivity index (χ3v) is 5.24. The fourth-order valence-electron chi connectivity index (χ4n) is 3.56. The number of rotatable bonds is 5. The van der Waals surface area contributed by atoms with Crippen molar-refractivity contribution in [3.63, 3.8) is 0 Å². The first-order valence-electron chi connectivity index (χ1n) is 9.82. The Balaban J connectivity index is 1.47. The molecule has 29 heavy (non-hydrogen) atoms. The van der Waals surface area contributed by atoms with Crippen LogP contribution in [0.4, 0.5) is 0 Å². The standard InChI is InChI=1S/C23H25N3O3/c1-16-21(17(2)29-25-16)15-26-10-11-28-22-9-8-19(12-20(22)14-26)23(27)24-13-18-6-4-3-5-7-18/h3-9,12H,10-11,13-15H2,1-2H3,(H,24,27). The third-order valence-electron chi connectivity index (χ3n) is 5.24. The monoisotopic (exact) mass is 391 g/mol. The zero-order valence-electron chi connectivity index (χ0n) is 16.8. The van der Waals surface area contributed by atoms with Gasteiger partial charge < -0.3 is 14.6 Å². The molecule has 6 heteroatoms. The molecule has 0 radical (unpaired) electrons. The topological polar surface area (TPSA) is 67.6 Å². The first kappa shape index (κ1) is 19.2. The highest BCUT2D eigenvalue weighted by atomic mass is 16.5. The lowest BCUT2D eigenvalue weighted by Crippen LogP contribution is -2.26. The van der Waals surface area contributed by atoms with Gasteiger partial charge in [-0.3, -0.25) is 9.69 Å². The number of benzene rings is 2. The quantitative estimate of drug-likeness (QED) is 0.720. The summed E-state index contributed by atoms with van der Waals surface area (Å²) in [6.45, 7) is 7.26. The maximum absolute atomic E-state index is 12.6. The molecule has 6 nitrogen and oxygen atoms in total. The van der Waals surface area contributed by atoms with E-state index in [0.717, 1.165) is 47.0 Å². The summed E-state index contributed by atoms with van der Waals surface area (Å²) in [4.78, 5) is 14.9. The molecule has 1 aromatic heterocycles. The molecule has 0 saturated heterocycles. The van der Waals surface area contributed by atoms with E-state index in [1.807, 2.05) is 62.4 Å². The van der Waals surface area contributed by atoms with Crippen LogP contribution in [-0.4, -0.2) is 29.1 Å². The number of ether oxygens (including phenoxy) is 1. The van der Waals surface area contributed by atoms with Crippen molar-refractivity contribution in [2.45, 2.75) is 33.5 Å². The van der Waals surface area contributed by atoms with E-state index in [9.17, 15) is 4.79 Å². The molecule has 1 N–H and O–H groups in total. The lowest BCUT2D eigenvalue weighted by atomic mass is 10.1. The summed E-state index contributed by atoms with van der Waals surface area (Å²) in [6.07, 6.45) is 0. The normalized spacial score (nSPS) is 14.0. The molecule has 3 aromatic rings. The first-order chi connectivity index (χ1) is 14.1. The predicted molar refractivity (Wildman–Crippen MR) is 110 cm³/mol. The van der Waals surface area contributed by atoms with E-state index in [1.54, 1.807) is 0 Å². The van der Waals surface area contributed by atoms with Crippen LogP contribution < -0.4 is 10.1 Å². The summed E-state index contributed by atoms with van der Waals surface area (Å²) >= 11 is 0. The number of nitrogens with one attached hydrogen (secondary N) is 1. The molecule has 1 aliphatic heterocycles. The van der Waals surface area contributed by atoms with Crippen molar-refractivity contribution >= 4 is 5.91 Å². The number of nitrogens with zero attached hydrogens (tertiary/aromatic N) is 2. The Bertz CT molecular complexity index is 978. The number of carbonyl (C=O) groups is 1. The highest BCUT2D eigenvalue weighted by Crippen LogP contribution is 2.26. The molecule has 0 atom stereocenters. The summed E-state index contributed by atoms with van der Waals surface area (Å²) in [5.74, 6) is 1.60. The van der Waals surface area contributed by atoms with Crippen LogP contribution in [0.15, 0.2) is 53.1 Å². The van der Waals surface area contributed by atoms with Crippen LogP contribution in [0.2, 0.25) is 0 Å². The van der Waals surface area contributed by atoms with E-state index in [0.29, 0.717) is 25.3 Å². The zero-order valence-corrected chi connectivity index (χ0v) is 16.8. The minimum absolute atomic E-state index is 0.0850. The van der Waals surface area contributed by atoms with Crippen LogP contribution in [0.3, 0.4) is 0 Å². The van der Waals surface area contributed by atoms with E-state index < -0.39 is 0 Å². The average Bonchev–Trinajstić information content (AvgIpc) is 2.93. The highest BCUT2D eigenvalue weighted by Gasteiger charge is 2.20. The number of aryl methyl sites for hydroxylation is 2. The van der Waals surface area contributed by atoms with Crippen LogP contribution in [-0.2, 0) is 19.6 Å². The van der Waals surface area contributed by atoms with E-state index in [-0.39, 0.29) is 5.91 Å². The molecule has 2 heterocycles. The molecule has 150 valence electrons. The number of hydrogen-bond donors (Lipinski definition) is 1. The van der Waals surface area contributed by atoms with Gasteiger partial charge in [-0.15, -0.1) is 0 Å². The van der Waals surface area contributed by atoms with Gasteiger partial charge in [-0.2, -0.15) is 0 Å². The Hall–Kier alpha value is -3.12. The van der Waals surface area contributed by atoms with Gasteiger partial charge in [0.15, 0.2) is 0 Å². The number of aromatic nitrogens is 1. The second-order valence-corrected chi connectivity index (χ2v) is 7.35. The Kier molecular flexibility index (Phi) is 5.62. The van der Waals surface area contributed by atoms with Crippen molar-refractivity contribution in [1.82, 2.24) is 15.4 Å². The van der Waals surface area contributed by atoms with Crippen LogP contribution in [0.25, 0.3) is 0 Å². The summed E-state index contributed by atoms with van der Waals surface area (Å²) < 4.78 is 11.2. The Morgan fingerprint density at radius 3 is 2.76 bits per heavy atom. The Labute approximate surface area is 170 Å². The second kappa shape index (κ2) is 8.49. The number of fused-ring (bicyclic) bond motifs is 1. The van der Waals surface area contributed by atoms with Gasteiger partial charge >= 0.3 is 0 Å². The van der Waals surface area contributed by atoms with E-state index >= 15 is 0 Å². The molecular formula is C23H25N3O3. The molecule has 0 saturated carbocycles. The zero-order chi connectivity index (χ0) is 20.2. The first-order valence-corrected chi connectivity index (χ1v) is 9.82. The number of hydrogen-bond acceptors (Lipinski definition) is 5. The lowest BCUT2D eigenvalue weighted by Gasteiger charge is -2.19. The van der Waals surface area contributed by atoms with E-state index in [1.165, 1.54) is 0 Å². The molecule has 2 aromatic carbocycles. The van der Waals surface area contributed by atoms with Gasteiger partial charge in [0, 0.05) is 42.9 Å². The van der Waals surface area contributed by atoms with Gasteiger partial charge in [0.1, 0.15) is 18.1 Å². The van der Waals surface area contributed by atoms with Gasteiger partial charge in [0.2, 0.25) is 0 Å². The van der Waals surface area contributed by atoms with Gasteiger partial charge in [0.25, 0.3) is 5.91 Å². The van der Waals surface area contributed by atoms with Crippen molar-refractivity contribution in [2.24, 2.45) is 0 Å². The maximum atomic E-state index is 12.6. The summed E-state index contributed by atoms with van der Waals surface area (Å²) in [5, 5.41) is 7.03. The molecule has 1 aliphatic rings. The highest BCUT2D eigenvalue weighted by molar-refractivity contribution is 5.94. The lowest BCUT2D eigenvalue weighted by molar-refractivity contribution is 0.0950. The van der Waals surface area contributed by atoms with E-state index in [2.05, 4.69) is 15.4 Å². The van der Waals surface area contributed by atoms with Crippen molar-refractivity contribution in [3.8, 4) is 5.75 Å². The average molecular weight is 391 g/mol. The molecule has 0 aliphatic carbocycles. The fourth-order valence-corrected chi connectivity index (χ4v) is 3.56. The molecule has 4 rings (SSSR count). The van der Waals surface area contributed by atoms with Gasteiger partial charge in [0.05, 0.1) is 5.69 Å². The Morgan fingerprint density at radius 2 is 2.00 bits per heavy atom. The van der Waals surface area contributed by atoms with Crippen LogP contribution in [0.5, 0.6) is 5.75 Å². The smallest absolute Gasteiger partial charge is 0.251 e. The Morgan fingerprint density at radius 1 is 1.17 bits per heavy atom. The molecule has 0 bridgehead atoms. The molecule has 1 amide bonds. The predicted octanol–water partition coefficient (Wildman–Crippen LogP) is 3.62. The fraction of sp³-hybridized carbons (Fsp3) is 0.304. The molecule has 0 spiro atoms. The van der Waals surface area contributed by atoms with Crippen LogP contribution >= 0.6 is 0 Å². The largest absolute Gasteiger partial charge is 0.492 e. The maximum Gasteiger partial charge on any atom is 0.251 e. The SMILES string of the molecule is Cc1noc(C)c1CN1CCOc2ccc(C(=O)NCc3ccccc3)cc2C1. The van der Waals surface area contributed by atoms with Crippen LogP contribution in [0, 0.1) is 13.8 Å². The van der Waals surface area contributed by atoms with Crippen molar-refractivity contribution in [1.29, 1.82) is 0 Å². The minimum atomic E-state index is -0.0850.